The van der Waals surface area contributed by atoms with Gasteiger partial charge in [-0.05, 0) is 19.3 Å². The molecule has 0 radical (unpaired) electrons. The van der Waals surface area contributed by atoms with Crippen LogP contribution in [0.3, 0.4) is 0 Å². The Morgan fingerprint density at radius 3 is 2.84 bits per heavy atom. The van der Waals surface area contributed by atoms with Crippen molar-refractivity contribution < 1.29 is 0 Å². The third kappa shape index (κ3) is 3.14. The van der Waals surface area contributed by atoms with Gasteiger partial charge in [-0.15, -0.1) is 0 Å². The number of aromatic nitrogens is 2. The van der Waals surface area contributed by atoms with Crippen molar-refractivity contribution in [3.63, 3.8) is 0 Å². The highest BCUT2D eigenvalue weighted by Crippen LogP contribution is 2.34. The van der Waals surface area contributed by atoms with Gasteiger partial charge in [0.25, 0.3) is 0 Å². The van der Waals surface area contributed by atoms with Crippen molar-refractivity contribution in [1.29, 1.82) is 5.26 Å². The summed E-state index contributed by atoms with van der Waals surface area (Å²) in [6, 6.07) is 2.79. The van der Waals surface area contributed by atoms with Gasteiger partial charge < -0.3 is 10.2 Å². The van der Waals surface area contributed by atoms with Gasteiger partial charge in [-0.25, -0.2) is 9.97 Å². The van der Waals surface area contributed by atoms with Crippen molar-refractivity contribution in [2.75, 3.05) is 23.8 Å². The second kappa shape index (κ2) is 6.37. The van der Waals surface area contributed by atoms with Gasteiger partial charge in [-0.3, -0.25) is 0 Å². The number of hydrogen-bond donors (Lipinski definition) is 1. The van der Waals surface area contributed by atoms with E-state index in [0.717, 1.165) is 31.0 Å². The van der Waals surface area contributed by atoms with Crippen LogP contribution in [0, 0.1) is 11.3 Å². The summed E-state index contributed by atoms with van der Waals surface area (Å²) in [5.41, 5.74) is 1.18. The molecular formula is C14H21N5. The highest BCUT2D eigenvalue weighted by Gasteiger charge is 2.31. The van der Waals surface area contributed by atoms with Crippen molar-refractivity contribution in [2.45, 2.75) is 45.1 Å². The summed E-state index contributed by atoms with van der Waals surface area (Å²) < 4.78 is 0. The maximum Gasteiger partial charge on any atom is 0.137 e. The highest BCUT2D eigenvalue weighted by atomic mass is 15.2. The van der Waals surface area contributed by atoms with E-state index in [4.69, 9.17) is 5.26 Å². The number of rotatable bonds is 7. The van der Waals surface area contributed by atoms with Crippen LogP contribution in [0.15, 0.2) is 6.33 Å². The Kier molecular flexibility index (Phi) is 4.56. The Balaban J connectivity index is 2.32. The number of hydrogen-bond acceptors (Lipinski definition) is 5. The maximum atomic E-state index is 8.82. The fourth-order valence-electron chi connectivity index (χ4n) is 2.36. The zero-order valence-electron chi connectivity index (χ0n) is 11.7. The zero-order chi connectivity index (χ0) is 13.7. The van der Waals surface area contributed by atoms with Gasteiger partial charge in [0.1, 0.15) is 18.0 Å². The first-order valence-corrected chi connectivity index (χ1v) is 6.97. The minimum Gasteiger partial charge on any atom is -0.373 e. The number of nitrogens with zero attached hydrogens (tertiary/aromatic N) is 4. The van der Waals surface area contributed by atoms with Crippen molar-refractivity contribution >= 4 is 11.6 Å². The lowest BCUT2D eigenvalue weighted by atomic mass is 10.1. The van der Waals surface area contributed by atoms with Crippen molar-refractivity contribution in [3.8, 4) is 6.07 Å². The van der Waals surface area contributed by atoms with Gasteiger partial charge in [-0.2, -0.15) is 5.26 Å². The van der Waals surface area contributed by atoms with Gasteiger partial charge in [0, 0.05) is 25.2 Å². The van der Waals surface area contributed by atoms with Crippen molar-refractivity contribution in [1.82, 2.24) is 9.97 Å². The van der Waals surface area contributed by atoms with Crippen LogP contribution >= 0.6 is 0 Å². The van der Waals surface area contributed by atoms with E-state index in [1.807, 2.05) is 7.05 Å². The smallest absolute Gasteiger partial charge is 0.137 e. The molecule has 5 heteroatoms. The Labute approximate surface area is 114 Å². The van der Waals surface area contributed by atoms with E-state index in [1.54, 1.807) is 6.33 Å². The van der Waals surface area contributed by atoms with Crippen LogP contribution in [0.2, 0.25) is 0 Å². The molecule has 0 spiro atoms. The van der Waals surface area contributed by atoms with Crippen LogP contribution in [-0.4, -0.2) is 29.6 Å². The summed E-state index contributed by atoms with van der Waals surface area (Å²) in [6.45, 7) is 2.92. The predicted octanol–water partition coefficient (Wildman–Crippen LogP) is 2.35. The van der Waals surface area contributed by atoms with Crippen LogP contribution in [0.1, 0.15) is 38.2 Å². The molecule has 2 rings (SSSR count). The SMILES string of the molecule is CCCc1c(NC)ncnc1N(CCC#N)C1CC1. The summed E-state index contributed by atoms with van der Waals surface area (Å²) in [7, 11) is 1.89. The lowest BCUT2D eigenvalue weighted by molar-refractivity contribution is 0.760. The zero-order valence-corrected chi connectivity index (χ0v) is 11.7. The lowest BCUT2D eigenvalue weighted by Gasteiger charge is -2.25. The maximum absolute atomic E-state index is 8.82. The Bertz CT molecular complexity index is 461. The topological polar surface area (TPSA) is 64.8 Å². The molecule has 0 aromatic carbocycles. The van der Waals surface area contributed by atoms with Crippen molar-refractivity contribution in [2.24, 2.45) is 0 Å². The van der Waals surface area contributed by atoms with Crippen LogP contribution in [0.4, 0.5) is 11.6 Å². The molecule has 19 heavy (non-hydrogen) atoms. The van der Waals surface area contributed by atoms with E-state index in [-0.39, 0.29) is 0 Å². The summed E-state index contributed by atoms with van der Waals surface area (Å²) in [6.07, 6.45) is 6.59. The molecule has 1 aromatic heterocycles. The molecule has 0 amide bonds. The standard InChI is InChI=1S/C14H21N5/c1-3-5-12-13(16-2)17-10-18-14(12)19(9-4-8-15)11-6-7-11/h10-11H,3-7,9H2,1-2H3,(H,16,17,18). The minimum absolute atomic E-state index is 0.543. The molecule has 0 atom stereocenters. The first-order valence-electron chi connectivity index (χ1n) is 6.97. The first kappa shape index (κ1) is 13.6. The third-order valence-corrected chi connectivity index (χ3v) is 3.38. The molecule has 1 saturated carbocycles. The van der Waals surface area contributed by atoms with E-state index in [1.165, 1.54) is 18.4 Å². The van der Waals surface area contributed by atoms with Gasteiger partial charge >= 0.3 is 0 Å². The first-order chi connectivity index (χ1) is 9.31. The largest absolute Gasteiger partial charge is 0.373 e. The quantitative estimate of drug-likeness (QED) is 0.814. The summed E-state index contributed by atoms with van der Waals surface area (Å²) in [4.78, 5) is 11.1. The number of anilines is 2. The van der Waals surface area contributed by atoms with E-state index in [2.05, 4.69) is 33.2 Å². The monoisotopic (exact) mass is 259 g/mol. The summed E-state index contributed by atoms with van der Waals surface area (Å²) >= 11 is 0. The fourth-order valence-corrected chi connectivity index (χ4v) is 2.36. The average molecular weight is 259 g/mol. The normalized spacial score (nSPS) is 13.9. The molecule has 1 heterocycles. The molecule has 1 N–H and O–H groups in total. The van der Waals surface area contributed by atoms with Crippen LogP contribution in [0.25, 0.3) is 0 Å². The number of nitrogens with one attached hydrogen (secondary N) is 1. The number of nitriles is 1. The average Bonchev–Trinajstić information content (AvgIpc) is 3.25. The molecule has 0 unspecified atom stereocenters. The van der Waals surface area contributed by atoms with Crippen LogP contribution < -0.4 is 10.2 Å². The molecular weight excluding hydrogens is 238 g/mol. The summed E-state index contributed by atoms with van der Waals surface area (Å²) in [5.74, 6) is 1.92. The van der Waals surface area contributed by atoms with Crippen LogP contribution in [-0.2, 0) is 6.42 Å². The molecule has 0 bridgehead atoms. The molecule has 0 aliphatic heterocycles. The van der Waals surface area contributed by atoms with Crippen LogP contribution in [0.5, 0.6) is 0 Å². The lowest BCUT2D eigenvalue weighted by Crippen LogP contribution is -2.29. The molecule has 5 nitrogen and oxygen atoms in total. The Morgan fingerprint density at radius 1 is 1.47 bits per heavy atom. The van der Waals surface area contributed by atoms with Gasteiger partial charge in [0.05, 0.1) is 12.5 Å². The van der Waals surface area contributed by atoms with Gasteiger partial charge in [-0.1, -0.05) is 13.3 Å². The minimum atomic E-state index is 0.543. The second-order valence-electron chi connectivity index (χ2n) is 4.86. The molecule has 0 saturated heterocycles. The predicted molar refractivity (Wildman–Crippen MR) is 76.2 cm³/mol. The Hall–Kier alpha value is -1.83. The highest BCUT2D eigenvalue weighted by molar-refractivity contribution is 5.59. The van der Waals surface area contributed by atoms with E-state index < -0.39 is 0 Å². The molecule has 1 fully saturated rings. The Morgan fingerprint density at radius 2 is 2.26 bits per heavy atom. The van der Waals surface area contributed by atoms with E-state index >= 15 is 0 Å². The van der Waals surface area contributed by atoms with E-state index in [9.17, 15) is 0 Å². The van der Waals surface area contributed by atoms with Gasteiger partial charge in [0.2, 0.25) is 0 Å². The molecule has 1 aliphatic carbocycles. The summed E-state index contributed by atoms with van der Waals surface area (Å²) in [5, 5.41) is 12.0. The molecule has 1 aromatic rings. The van der Waals surface area contributed by atoms with Gasteiger partial charge in [0.15, 0.2) is 0 Å². The fraction of sp³-hybridized carbons (Fsp3) is 0.643. The van der Waals surface area contributed by atoms with Crippen molar-refractivity contribution in [3.05, 3.63) is 11.9 Å². The molecule has 102 valence electrons. The second-order valence-corrected chi connectivity index (χ2v) is 4.86. The van der Waals surface area contributed by atoms with E-state index in [0.29, 0.717) is 12.5 Å². The third-order valence-electron chi connectivity index (χ3n) is 3.38. The molecule has 1 aliphatic rings.